The van der Waals surface area contributed by atoms with E-state index in [0.29, 0.717) is 12.5 Å². The first-order valence-corrected chi connectivity index (χ1v) is 4.23. The SMILES string of the molecule is CC1CC(C(O)CN)CCO1. The zero-order valence-corrected chi connectivity index (χ0v) is 6.99. The molecule has 0 amide bonds. The van der Waals surface area contributed by atoms with E-state index in [9.17, 15) is 5.11 Å². The van der Waals surface area contributed by atoms with Crippen molar-refractivity contribution in [3.05, 3.63) is 0 Å². The van der Waals surface area contributed by atoms with Gasteiger partial charge in [0.2, 0.25) is 0 Å². The molecule has 1 aliphatic heterocycles. The van der Waals surface area contributed by atoms with Crippen LogP contribution in [0.1, 0.15) is 19.8 Å². The largest absolute Gasteiger partial charge is 0.392 e. The minimum Gasteiger partial charge on any atom is -0.392 e. The molecule has 66 valence electrons. The molecule has 1 fully saturated rings. The Morgan fingerprint density at radius 2 is 2.45 bits per heavy atom. The van der Waals surface area contributed by atoms with E-state index in [1.807, 2.05) is 6.92 Å². The summed E-state index contributed by atoms with van der Waals surface area (Å²) in [5.41, 5.74) is 5.36. The highest BCUT2D eigenvalue weighted by Crippen LogP contribution is 2.22. The molecular weight excluding hydrogens is 142 g/mol. The Bertz CT molecular complexity index is 119. The summed E-state index contributed by atoms with van der Waals surface area (Å²) in [6.07, 6.45) is 1.84. The number of rotatable bonds is 2. The van der Waals surface area contributed by atoms with Crippen LogP contribution in [0.5, 0.6) is 0 Å². The Hall–Kier alpha value is -0.120. The van der Waals surface area contributed by atoms with Crippen molar-refractivity contribution in [1.29, 1.82) is 0 Å². The van der Waals surface area contributed by atoms with Crippen molar-refractivity contribution in [2.24, 2.45) is 11.7 Å². The Morgan fingerprint density at radius 3 is 3.00 bits per heavy atom. The number of nitrogens with two attached hydrogens (primary N) is 1. The van der Waals surface area contributed by atoms with Crippen molar-refractivity contribution in [3.8, 4) is 0 Å². The molecule has 3 unspecified atom stereocenters. The van der Waals surface area contributed by atoms with Crippen molar-refractivity contribution in [2.45, 2.75) is 32.0 Å². The second-order valence-electron chi connectivity index (χ2n) is 3.27. The smallest absolute Gasteiger partial charge is 0.0692 e. The van der Waals surface area contributed by atoms with Crippen molar-refractivity contribution in [1.82, 2.24) is 0 Å². The molecule has 0 radical (unpaired) electrons. The monoisotopic (exact) mass is 159 g/mol. The number of hydrogen-bond acceptors (Lipinski definition) is 3. The average Bonchev–Trinajstić information content (AvgIpc) is 2.03. The van der Waals surface area contributed by atoms with E-state index in [1.54, 1.807) is 0 Å². The lowest BCUT2D eigenvalue weighted by Crippen LogP contribution is -2.35. The summed E-state index contributed by atoms with van der Waals surface area (Å²) in [5, 5.41) is 9.42. The van der Waals surface area contributed by atoms with E-state index in [2.05, 4.69) is 0 Å². The summed E-state index contributed by atoms with van der Waals surface area (Å²) in [6, 6.07) is 0. The molecule has 3 nitrogen and oxygen atoms in total. The van der Waals surface area contributed by atoms with Gasteiger partial charge in [-0.25, -0.2) is 0 Å². The second-order valence-corrected chi connectivity index (χ2v) is 3.27. The van der Waals surface area contributed by atoms with Gasteiger partial charge in [-0.15, -0.1) is 0 Å². The predicted octanol–water partition coefficient (Wildman–Crippen LogP) is 0.121. The fourth-order valence-electron chi connectivity index (χ4n) is 1.57. The van der Waals surface area contributed by atoms with Crippen molar-refractivity contribution in [3.63, 3.8) is 0 Å². The lowest BCUT2D eigenvalue weighted by atomic mass is 9.91. The molecular formula is C8H17NO2. The summed E-state index contributed by atoms with van der Waals surface area (Å²) in [7, 11) is 0. The molecule has 0 bridgehead atoms. The third-order valence-electron chi connectivity index (χ3n) is 2.31. The molecule has 0 aromatic heterocycles. The Morgan fingerprint density at radius 1 is 1.73 bits per heavy atom. The van der Waals surface area contributed by atoms with Crippen molar-refractivity contribution in [2.75, 3.05) is 13.2 Å². The molecule has 0 aromatic rings. The summed E-state index contributed by atoms with van der Waals surface area (Å²) in [6.45, 7) is 3.18. The van der Waals surface area contributed by atoms with Gasteiger partial charge >= 0.3 is 0 Å². The van der Waals surface area contributed by atoms with Gasteiger partial charge in [0.25, 0.3) is 0 Å². The molecule has 3 N–H and O–H groups in total. The molecule has 0 aromatic carbocycles. The maximum Gasteiger partial charge on any atom is 0.0692 e. The Kier molecular flexibility index (Phi) is 3.30. The van der Waals surface area contributed by atoms with Crippen molar-refractivity contribution < 1.29 is 9.84 Å². The molecule has 1 saturated heterocycles. The number of aliphatic hydroxyl groups excluding tert-OH is 1. The first-order valence-electron chi connectivity index (χ1n) is 4.23. The highest BCUT2D eigenvalue weighted by atomic mass is 16.5. The molecule has 1 rings (SSSR count). The molecule has 0 aliphatic carbocycles. The minimum absolute atomic E-state index is 0.287. The van der Waals surface area contributed by atoms with Gasteiger partial charge in [0, 0.05) is 13.2 Å². The van der Waals surface area contributed by atoms with Gasteiger partial charge in [0.1, 0.15) is 0 Å². The fraction of sp³-hybridized carbons (Fsp3) is 1.00. The number of hydrogen-bond donors (Lipinski definition) is 2. The standard InChI is InChI=1S/C8H17NO2/c1-6-4-7(2-3-11-6)8(10)5-9/h6-8,10H,2-5,9H2,1H3. The number of aliphatic hydroxyl groups is 1. The zero-order chi connectivity index (χ0) is 8.27. The van der Waals surface area contributed by atoms with E-state index < -0.39 is 0 Å². The van der Waals surface area contributed by atoms with Crippen LogP contribution in [0.15, 0.2) is 0 Å². The van der Waals surface area contributed by atoms with Gasteiger partial charge in [-0.1, -0.05) is 0 Å². The quantitative estimate of drug-likeness (QED) is 0.601. The Labute approximate surface area is 67.5 Å². The lowest BCUT2D eigenvalue weighted by Gasteiger charge is -2.29. The number of ether oxygens (including phenoxy) is 1. The third kappa shape index (κ3) is 2.43. The average molecular weight is 159 g/mol. The fourth-order valence-corrected chi connectivity index (χ4v) is 1.57. The molecule has 1 aliphatic rings. The summed E-state index contributed by atoms with van der Waals surface area (Å²) >= 11 is 0. The molecule has 3 atom stereocenters. The van der Waals surface area contributed by atoms with Crippen LogP contribution < -0.4 is 5.73 Å². The zero-order valence-electron chi connectivity index (χ0n) is 6.99. The summed E-state index contributed by atoms with van der Waals surface area (Å²) in [5.74, 6) is 0.351. The molecule has 1 heterocycles. The van der Waals surface area contributed by atoms with Crippen LogP contribution >= 0.6 is 0 Å². The topological polar surface area (TPSA) is 55.5 Å². The van der Waals surface area contributed by atoms with Gasteiger partial charge in [-0.05, 0) is 25.7 Å². The van der Waals surface area contributed by atoms with Crippen LogP contribution in [-0.4, -0.2) is 30.5 Å². The third-order valence-corrected chi connectivity index (χ3v) is 2.31. The Balaban J connectivity index is 2.33. The maximum atomic E-state index is 9.42. The normalized spacial score (nSPS) is 35.2. The van der Waals surface area contributed by atoms with E-state index in [4.69, 9.17) is 10.5 Å². The van der Waals surface area contributed by atoms with Gasteiger partial charge in [-0.3, -0.25) is 0 Å². The lowest BCUT2D eigenvalue weighted by molar-refractivity contribution is -0.0326. The maximum absolute atomic E-state index is 9.42. The van der Waals surface area contributed by atoms with Crippen LogP contribution in [0.2, 0.25) is 0 Å². The van der Waals surface area contributed by atoms with E-state index in [1.165, 1.54) is 0 Å². The first-order chi connectivity index (χ1) is 5.24. The second kappa shape index (κ2) is 4.04. The van der Waals surface area contributed by atoms with Crippen LogP contribution in [0.4, 0.5) is 0 Å². The van der Waals surface area contributed by atoms with E-state index in [-0.39, 0.29) is 12.2 Å². The van der Waals surface area contributed by atoms with Crippen LogP contribution in [-0.2, 0) is 4.74 Å². The molecule has 3 heteroatoms. The van der Waals surface area contributed by atoms with E-state index in [0.717, 1.165) is 19.4 Å². The van der Waals surface area contributed by atoms with Crippen molar-refractivity contribution >= 4 is 0 Å². The highest BCUT2D eigenvalue weighted by molar-refractivity contribution is 4.75. The highest BCUT2D eigenvalue weighted by Gasteiger charge is 2.24. The predicted molar refractivity (Wildman–Crippen MR) is 43.2 cm³/mol. The van der Waals surface area contributed by atoms with Gasteiger partial charge in [-0.2, -0.15) is 0 Å². The molecule has 11 heavy (non-hydrogen) atoms. The van der Waals surface area contributed by atoms with Crippen LogP contribution in [0, 0.1) is 5.92 Å². The summed E-state index contributed by atoms with van der Waals surface area (Å²) in [4.78, 5) is 0. The van der Waals surface area contributed by atoms with Gasteiger partial charge in [0.05, 0.1) is 12.2 Å². The van der Waals surface area contributed by atoms with Crippen LogP contribution in [0.3, 0.4) is 0 Å². The van der Waals surface area contributed by atoms with Crippen LogP contribution in [0.25, 0.3) is 0 Å². The minimum atomic E-state index is -0.332. The molecule has 0 spiro atoms. The van der Waals surface area contributed by atoms with Gasteiger partial charge in [0.15, 0.2) is 0 Å². The van der Waals surface area contributed by atoms with E-state index >= 15 is 0 Å². The first kappa shape index (κ1) is 8.97. The van der Waals surface area contributed by atoms with Gasteiger partial charge < -0.3 is 15.6 Å². The summed E-state index contributed by atoms with van der Waals surface area (Å²) < 4.78 is 5.35. The molecule has 0 saturated carbocycles.